The lowest BCUT2D eigenvalue weighted by Crippen LogP contribution is -2.34. The van der Waals surface area contributed by atoms with E-state index in [9.17, 15) is 18.0 Å². The van der Waals surface area contributed by atoms with E-state index in [1.54, 1.807) is 24.3 Å². The molecule has 0 bridgehead atoms. The number of ether oxygens (including phenoxy) is 1. The topological polar surface area (TPSA) is 65.4 Å². The molecule has 1 fully saturated rings. The van der Waals surface area contributed by atoms with E-state index in [0.717, 1.165) is 7.11 Å². The molecular weight excluding hydrogens is 335 g/mol. The van der Waals surface area contributed by atoms with Gasteiger partial charge in [-0.1, -0.05) is 11.6 Å². The lowest BCUT2D eigenvalue weighted by molar-refractivity contribution is -0.136. The molecule has 0 radical (unpaired) electrons. The van der Waals surface area contributed by atoms with E-state index in [0.29, 0.717) is 23.8 Å². The third-order valence-corrected chi connectivity index (χ3v) is 3.45. The summed E-state index contributed by atoms with van der Waals surface area (Å²) in [6, 6.07) is 6.39. The summed E-state index contributed by atoms with van der Waals surface area (Å²) < 4.78 is 43.1. The van der Waals surface area contributed by atoms with Gasteiger partial charge in [-0.05, 0) is 24.3 Å². The average Bonchev–Trinajstić information content (AvgIpc) is 2.96. The second-order valence-electron chi connectivity index (χ2n) is 4.64. The van der Waals surface area contributed by atoms with Crippen LogP contribution in [0.1, 0.15) is 0 Å². The molecule has 1 heterocycles. The fourth-order valence-electron chi connectivity index (χ4n) is 2.16. The Bertz CT molecular complexity index is 656. The van der Waals surface area contributed by atoms with Crippen molar-refractivity contribution in [2.75, 3.05) is 25.1 Å². The second-order valence-corrected chi connectivity index (χ2v) is 5.08. The van der Waals surface area contributed by atoms with Crippen LogP contribution in [0.25, 0.3) is 0 Å². The molecular formula is C14H13ClF3N3O2. The van der Waals surface area contributed by atoms with Crippen molar-refractivity contribution in [3.63, 3.8) is 0 Å². The van der Waals surface area contributed by atoms with E-state index in [1.807, 2.05) is 0 Å². The maximum Gasteiger partial charge on any atom is 0.433 e. The molecule has 0 atom stereocenters. The number of alkyl halides is 3. The molecule has 1 aliphatic rings. The molecule has 2 N–H and O–H groups in total. The van der Waals surface area contributed by atoms with Crippen LogP contribution in [0.3, 0.4) is 0 Å². The molecule has 1 aromatic rings. The molecule has 2 rings (SSSR count). The molecule has 1 saturated heterocycles. The van der Waals surface area contributed by atoms with Crippen molar-refractivity contribution in [1.29, 1.82) is 5.41 Å². The number of rotatable bonds is 3. The van der Waals surface area contributed by atoms with Crippen LogP contribution >= 0.6 is 11.6 Å². The summed E-state index contributed by atoms with van der Waals surface area (Å²) in [5.41, 5.74) is -2.06. The van der Waals surface area contributed by atoms with Crippen molar-refractivity contribution in [3.05, 3.63) is 40.7 Å². The van der Waals surface area contributed by atoms with Crippen molar-refractivity contribution in [3.8, 4) is 0 Å². The Morgan fingerprint density at radius 1 is 1.35 bits per heavy atom. The molecule has 0 aromatic heterocycles. The number of halogens is 4. The number of nitrogens with one attached hydrogen (secondary N) is 2. The highest BCUT2D eigenvalue weighted by Crippen LogP contribution is 2.29. The van der Waals surface area contributed by atoms with Crippen molar-refractivity contribution < 1.29 is 22.7 Å². The van der Waals surface area contributed by atoms with Gasteiger partial charge in [-0.2, -0.15) is 13.2 Å². The Morgan fingerprint density at radius 2 is 1.96 bits per heavy atom. The van der Waals surface area contributed by atoms with E-state index >= 15 is 0 Å². The molecule has 1 aromatic carbocycles. The Morgan fingerprint density at radius 3 is 2.48 bits per heavy atom. The van der Waals surface area contributed by atoms with Crippen LogP contribution in [0.4, 0.5) is 18.9 Å². The van der Waals surface area contributed by atoms with Gasteiger partial charge in [-0.3, -0.25) is 5.41 Å². The Kier molecular flexibility index (Phi) is 4.84. The molecule has 0 spiro atoms. The average molecular weight is 348 g/mol. The van der Waals surface area contributed by atoms with E-state index in [2.05, 4.69) is 10.1 Å². The van der Waals surface area contributed by atoms with Crippen molar-refractivity contribution in [2.45, 2.75) is 6.18 Å². The zero-order chi connectivity index (χ0) is 17.2. The second kappa shape index (κ2) is 6.49. The molecule has 0 unspecified atom stereocenters. The molecule has 0 saturated carbocycles. The number of methoxy groups -OCH3 is 1. The van der Waals surface area contributed by atoms with Gasteiger partial charge >= 0.3 is 12.1 Å². The predicted molar refractivity (Wildman–Crippen MR) is 79.6 cm³/mol. The van der Waals surface area contributed by atoms with Crippen LogP contribution in [-0.2, 0) is 9.53 Å². The summed E-state index contributed by atoms with van der Waals surface area (Å²) in [5.74, 6) is -1.34. The molecule has 0 aliphatic carbocycles. The first-order valence-electron chi connectivity index (χ1n) is 6.51. The lowest BCUT2D eigenvalue weighted by atomic mass is 10.1. The van der Waals surface area contributed by atoms with E-state index in [1.165, 1.54) is 4.90 Å². The quantitative estimate of drug-likeness (QED) is 0.501. The van der Waals surface area contributed by atoms with Crippen LogP contribution in [0, 0.1) is 5.41 Å². The van der Waals surface area contributed by atoms with Gasteiger partial charge in [-0.25, -0.2) is 4.79 Å². The normalized spacial score (nSPS) is 16.8. The molecule has 124 valence electrons. The van der Waals surface area contributed by atoms with Crippen LogP contribution in [0.5, 0.6) is 0 Å². The molecule has 9 heteroatoms. The summed E-state index contributed by atoms with van der Waals surface area (Å²) >= 11 is 5.80. The summed E-state index contributed by atoms with van der Waals surface area (Å²) in [7, 11) is 0.966. The number of benzene rings is 1. The molecule has 23 heavy (non-hydrogen) atoms. The predicted octanol–water partition coefficient (Wildman–Crippen LogP) is 2.72. The Hall–Kier alpha value is -2.22. The van der Waals surface area contributed by atoms with Crippen LogP contribution < -0.4 is 10.2 Å². The third kappa shape index (κ3) is 3.58. The highest BCUT2D eigenvalue weighted by atomic mass is 35.5. The van der Waals surface area contributed by atoms with Crippen molar-refractivity contribution in [2.24, 2.45) is 0 Å². The zero-order valence-electron chi connectivity index (χ0n) is 12.0. The number of carbonyl (C=O) groups excluding carboxylic acids is 1. The third-order valence-electron chi connectivity index (χ3n) is 3.20. The fraction of sp³-hybridized carbons (Fsp3) is 0.286. The van der Waals surface area contributed by atoms with E-state index in [4.69, 9.17) is 17.0 Å². The number of hydrogen-bond donors (Lipinski definition) is 2. The minimum absolute atomic E-state index is 0.110. The molecule has 0 amide bonds. The van der Waals surface area contributed by atoms with Gasteiger partial charge in [0.05, 0.1) is 7.11 Å². The molecule has 5 nitrogen and oxygen atoms in total. The smallest absolute Gasteiger partial charge is 0.433 e. The highest BCUT2D eigenvalue weighted by molar-refractivity contribution is 6.30. The number of esters is 1. The first-order chi connectivity index (χ1) is 10.8. The van der Waals surface area contributed by atoms with Gasteiger partial charge in [0.25, 0.3) is 0 Å². The minimum atomic E-state index is -4.97. The number of nitrogens with zero attached hydrogens (tertiary/aromatic N) is 1. The number of hydrogen-bond acceptors (Lipinski definition) is 5. The lowest BCUT2D eigenvalue weighted by Gasteiger charge is -2.22. The van der Waals surface area contributed by atoms with Crippen LogP contribution in [0.15, 0.2) is 35.7 Å². The van der Waals surface area contributed by atoms with E-state index < -0.39 is 23.4 Å². The van der Waals surface area contributed by atoms with Gasteiger partial charge in [0.2, 0.25) is 0 Å². The minimum Gasteiger partial charge on any atom is -0.465 e. The Balaban J connectivity index is 2.53. The van der Waals surface area contributed by atoms with Crippen LogP contribution in [-0.4, -0.2) is 38.1 Å². The van der Waals surface area contributed by atoms with E-state index in [-0.39, 0.29) is 5.82 Å². The summed E-state index contributed by atoms with van der Waals surface area (Å²) in [4.78, 5) is 13.3. The molecule has 1 aliphatic heterocycles. The number of anilines is 1. The Labute approximate surface area is 135 Å². The zero-order valence-corrected chi connectivity index (χ0v) is 12.8. The van der Waals surface area contributed by atoms with Gasteiger partial charge in [-0.15, -0.1) is 0 Å². The summed E-state index contributed by atoms with van der Waals surface area (Å²) in [6.45, 7) is 0.659. The maximum atomic E-state index is 12.9. The number of carbonyl (C=O) groups is 1. The SMILES string of the molecule is COC(=O)/C(C(=N)C(F)(F)F)=C1/NCCN1c1ccc(Cl)cc1. The van der Waals surface area contributed by atoms with Gasteiger partial charge < -0.3 is 15.0 Å². The van der Waals surface area contributed by atoms with Crippen molar-refractivity contribution >= 4 is 29.0 Å². The maximum absolute atomic E-state index is 12.9. The first-order valence-corrected chi connectivity index (χ1v) is 6.89. The van der Waals surface area contributed by atoms with Gasteiger partial charge in [0.1, 0.15) is 11.4 Å². The highest BCUT2D eigenvalue weighted by Gasteiger charge is 2.43. The van der Waals surface area contributed by atoms with Crippen molar-refractivity contribution in [1.82, 2.24) is 5.32 Å². The first kappa shape index (κ1) is 17.1. The summed E-state index contributed by atoms with van der Waals surface area (Å²) in [6.07, 6.45) is -4.97. The van der Waals surface area contributed by atoms with Crippen LogP contribution in [0.2, 0.25) is 5.02 Å². The largest absolute Gasteiger partial charge is 0.465 e. The van der Waals surface area contributed by atoms with Gasteiger partial charge in [0.15, 0.2) is 5.71 Å². The monoisotopic (exact) mass is 347 g/mol. The summed E-state index contributed by atoms with van der Waals surface area (Å²) in [5, 5.41) is 10.5. The standard InChI is InChI=1S/C14H13ClF3N3O2/c1-23-13(22)10(11(19)14(16,17)18)12-20-6-7-21(12)9-4-2-8(15)3-5-9/h2-5,19-20H,6-7H2,1H3/b12-10-,19-11?. The fourth-order valence-corrected chi connectivity index (χ4v) is 2.28. The van der Waals surface area contributed by atoms with Gasteiger partial charge in [0, 0.05) is 23.8 Å².